The Hall–Kier alpha value is -1.37. The smallest absolute Gasteiger partial charge is 0.191 e. The van der Waals surface area contributed by atoms with Gasteiger partial charge in [0.25, 0.3) is 0 Å². The SMILES string of the molecule is CN=C(NCc1nccc2ccccc12)NC(C)(C)C.I. The first-order chi connectivity index (χ1) is 9.49. The average molecular weight is 398 g/mol. The normalized spacial score (nSPS) is 11.9. The van der Waals surface area contributed by atoms with Crippen LogP contribution in [0.3, 0.4) is 0 Å². The minimum absolute atomic E-state index is 0. The van der Waals surface area contributed by atoms with Crippen molar-refractivity contribution >= 4 is 40.7 Å². The van der Waals surface area contributed by atoms with E-state index < -0.39 is 0 Å². The fraction of sp³-hybridized carbons (Fsp3) is 0.375. The summed E-state index contributed by atoms with van der Waals surface area (Å²) in [6.45, 7) is 6.97. The van der Waals surface area contributed by atoms with Crippen LogP contribution in [-0.2, 0) is 6.54 Å². The summed E-state index contributed by atoms with van der Waals surface area (Å²) in [6.07, 6.45) is 1.85. The third kappa shape index (κ3) is 5.15. The summed E-state index contributed by atoms with van der Waals surface area (Å²) in [7, 11) is 1.78. The number of halogens is 1. The number of hydrogen-bond donors (Lipinski definition) is 2. The van der Waals surface area contributed by atoms with Crippen LogP contribution in [0.15, 0.2) is 41.5 Å². The lowest BCUT2D eigenvalue weighted by Crippen LogP contribution is -2.47. The quantitative estimate of drug-likeness (QED) is 0.464. The van der Waals surface area contributed by atoms with Gasteiger partial charge in [-0.1, -0.05) is 24.3 Å². The Balaban J connectivity index is 0.00000220. The van der Waals surface area contributed by atoms with Crippen molar-refractivity contribution in [3.63, 3.8) is 0 Å². The summed E-state index contributed by atoms with van der Waals surface area (Å²) in [6, 6.07) is 10.3. The van der Waals surface area contributed by atoms with Gasteiger partial charge < -0.3 is 10.6 Å². The zero-order valence-corrected chi connectivity index (χ0v) is 15.3. The van der Waals surface area contributed by atoms with Gasteiger partial charge in [0, 0.05) is 24.2 Å². The van der Waals surface area contributed by atoms with E-state index in [9.17, 15) is 0 Å². The van der Waals surface area contributed by atoms with Crippen molar-refractivity contribution in [2.45, 2.75) is 32.9 Å². The Labute approximate surface area is 143 Å². The molecule has 0 radical (unpaired) electrons. The van der Waals surface area contributed by atoms with Crippen LogP contribution in [0.5, 0.6) is 0 Å². The number of benzene rings is 1. The molecule has 0 amide bonds. The molecule has 5 heteroatoms. The first-order valence-corrected chi connectivity index (χ1v) is 6.81. The fourth-order valence-electron chi connectivity index (χ4n) is 2.02. The van der Waals surface area contributed by atoms with Crippen molar-refractivity contribution < 1.29 is 0 Å². The minimum atomic E-state index is -0.0198. The molecule has 0 atom stereocenters. The molecule has 21 heavy (non-hydrogen) atoms. The predicted octanol–water partition coefficient (Wildman–Crippen LogP) is 3.32. The third-order valence-corrected chi connectivity index (χ3v) is 2.90. The minimum Gasteiger partial charge on any atom is -0.352 e. The molecule has 0 saturated carbocycles. The summed E-state index contributed by atoms with van der Waals surface area (Å²) >= 11 is 0. The molecule has 0 aliphatic carbocycles. The lowest BCUT2D eigenvalue weighted by molar-refractivity contribution is 0.501. The molecule has 1 aromatic heterocycles. The van der Waals surface area contributed by atoms with Gasteiger partial charge in [-0.05, 0) is 32.2 Å². The molecule has 0 aliphatic heterocycles. The zero-order valence-electron chi connectivity index (χ0n) is 13.0. The van der Waals surface area contributed by atoms with Gasteiger partial charge in [0.15, 0.2) is 5.96 Å². The highest BCUT2D eigenvalue weighted by Gasteiger charge is 2.12. The van der Waals surface area contributed by atoms with Crippen LogP contribution in [0, 0.1) is 0 Å². The van der Waals surface area contributed by atoms with Crippen LogP contribution >= 0.6 is 24.0 Å². The van der Waals surface area contributed by atoms with Crippen molar-refractivity contribution in [2.24, 2.45) is 4.99 Å². The van der Waals surface area contributed by atoms with Crippen molar-refractivity contribution in [2.75, 3.05) is 7.05 Å². The number of aromatic nitrogens is 1. The van der Waals surface area contributed by atoms with E-state index in [0.717, 1.165) is 11.7 Å². The molecule has 114 valence electrons. The maximum atomic E-state index is 4.46. The van der Waals surface area contributed by atoms with Gasteiger partial charge >= 0.3 is 0 Å². The number of nitrogens with one attached hydrogen (secondary N) is 2. The van der Waals surface area contributed by atoms with E-state index in [-0.39, 0.29) is 29.5 Å². The highest BCUT2D eigenvalue weighted by atomic mass is 127. The largest absolute Gasteiger partial charge is 0.352 e. The molecule has 0 spiro atoms. The van der Waals surface area contributed by atoms with E-state index in [1.54, 1.807) is 7.05 Å². The van der Waals surface area contributed by atoms with E-state index in [2.05, 4.69) is 53.5 Å². The monoisotopic (exact) mass is 398 g/mol. The Morgan fingerprint density at radius 2 is 1.90 bits per heavy atom. The first-order valence-electron chi connectivity index (χ1n) is 6.81. The van der Waals surface area contributed by atoms with Crippen molar-refractivity contribution in [3.05, 3.63) is 42.2 Å². The van der Waals surface area contributed by atoms with Crippen molar-refractivity contribution in [1.82, 2.24) is 15.6 Å². The summed E-state index contributed by atoms with van der Waals surface area (Å²) in [5.41, 5.74) is 1.01. The van der Waals surface area contributed by atoms with Crippen molar-refractivity contribution in [3.8, 4) is 0 Å². The fourth-order valence-corrected chi connectivity index (χ4v) is 2.02. The maximum absolute atomic E-state index is 4.46. The molecule has 1 heterocycles. The molecule has 2 aromatic rings. The van der Waals surface area contributed by atoms with Crippen LogP contribution in [0.4, 0.5) is 0 Å². The lowest BCUT2D eigenvalue weighted by atomic mass is 10.1. The topological polar surface area (TPSA) is 49.3 Å². The van der Waals surface area contributed by atoms with E-state index in [4.69, 9.17) is 0 Å². The van der Waals surface area contributed by atoms with Crippen LogP contribution < -0.4 is 10.6 Å². The van der Waals surface area contributed by atoms with Crippen LogP contribution in [-0.4, -0.2) is 23.5 Å². The zero-order chi connectivity index (χ0) is 14.6. The summed E-state index contributed by atoms with van der Waals surface area (Å²) < 4.78 is 0. The maximum Gasteiger partial charge on any atom is 0.191 e. The van der Waals surface area contributed by atoms with Crippen LogP contribution in [0.25, 0.3) is 10.8 Å². The molecule has 2 N–H and O–H groups in total. The second-order valence-corrected chi connectivity index (χ2v) is 5.78. The summed E-state index contributed by atoms with van der Waals surface area (Å²) in [5.74, 6) is 0.784. The average Bonchev–Trinajstić information content (AvgIpc) is 2.42. The van der Waals surface area contributed by atoms with Gasteiger partial charge in [-0.25, -0.2) is 0 Å². The van der Waals surface area contributed by atoms with Gasteiger partial charge in [0.05, 0.1) is 12.2 Å². The molecular formula is C16H23IN4. The van der Waals surface area contributed by atoms with Gasteiger partial charge in [0.1, 0.15) is 0 Å². The number of nitrogens with zero attached hydrogens (tertiary/aromatic N) is 2. The molecule has 0 fully saturated rings. The van der Waals surface area contributed by atoms with Gasteiger partial charge in [-0.15, -0.1) is 24.0 Å². The molecule has 1 aromatic carbocycles. The number of pyridine rings is 1. The van der Waals surface area contributed by atoms with Gasteiger partial charge in [-0.3, -0.25) is 9.98 Å². The Kier molecular flexibility index (Phi) is 6.39. The van der Waals surface area contributed by atoms with E-state index in [1.165, 1.54) is 10.8 Å². The first kappa shape index (κ1) is 17.7. The summed E-state index contributed by atoms with van der Waals surface area (Å²) in [5, 5.41) is 9.03. The van der Waals surface area contributed by atoms with Crippen LogP contribution in [0.1, 0.15) is 26.5 Å². The Morgan fingerprint density at radius 3 is 2.57 bits per heavy atom. The van der Waals surface area contributed by atoms with E-state index in [0.29, 0.717) is 6.54 Å². The number of hydrogen-bond acceptors (Lipinski definition) is 2. The number of rotatable bonds is 2. The molecule has 0 saturated heterocycles. The van der Waals surface area contributed by atoms with Gasteiger partial charge in [0.2, 0.25) is 0 Å². The van der Waals surface area contributed by atoms with Gasteiger partial charge in [-0.2, -0.15) is 0 Å². The highest BCUT2D eigenvalue weighted by molar-refractivity contribution is 14.0. The van der Waals surface area contributed by atoms with Crippen molar-refractivity contribution in [1.29, 1.82) is 0 Å². The molecule has 0 aliphatic rings. The Bertz CT molecular complexity index is 612. The highest BCUT2D eigenvalue weighted by Crippen LogP contribution is 2.15. The molecule has 4 nitrogen and oxygen atoms in total. The molecular weight excluding hydrogens is 375 g/mol. The predicted molar refractivity (Wildman–Crippen MR) is 100 cm³/mol. The molecule has 2 rings (SSSR count). The lowest BCUT2D eigenvalue weighted by Gasteiger charge is -2.23. The number of aliphatic imine (C=N–C) groups is 1. The molecule has 0 unspecified atom stereocenters. The number of fused-ring (bicyclic) bond motifs is 1. The second kappa shape index (κ2) is 7.59. The van der Waals surface area contributed by atoms with E-state index >= 15 is 0 Å². The number of guanidine groups is 1. The van der Waals surface area contributed by atoms with E-state index in [1.807, 2.05) is 24.4 Å². The second-order valence-electron chi connectivity index (χ2n) is 5.78. The Morgan fingerprint density at radius 1 is 1.19 bits per heavy atom. The molecule has 0 bridgehead atoms. The standard InChI is InChI=1S/C16H22N4.HI/c1-16(2,3)20-15(17-4)19-11-14-13-8-6-5-7-12(13)9-10-18-14;/h5-10H,11H2,1-4H3,(H2,17,19,20);1H. The van der Waals surface area contributed by atoms with Crippen LogP contribution in [0.2, 0.25) is 0 Å². The summed E-state index contributed by atoms with van der Waals surface area (Å²) in [4.78, 5) is 8.70. The third-order valence-electron chi connectivity index (χ3n) is 2.90.